The van der Waals surface area contributed by atoms with E-state index in [4.69, 9.17) is 9.47 Å². The van der Waals surface area contributed by atoms with Gasteiger partial charge in [0.05, 0.1) is 6.61 Å². The third kappa shape index (κ3) is 3.00. The van der Waals surface area contributed by atoms with E-state index >= 15 is 0 Å². The first kappa shape index (κ1) is 13.5. The fourth-order valence-electron chi connectivity index (χ4n) is 2.46. The molecule has 1 aliphatic rings. The van der Waals surface area contributed by atoms with Crippen molar-refractivity contribution in [3.05, 3.63) is 89.6 Å². The molecule has 21 heavy (non-hydrogen) atoms. The largest absolute Gasteiger partial charge is 0.466 e. The minimum absolute atomic E-state index is 0.608. The highest BCUT2D eigenvalue weighted by Gasteiger charge is 2.19. The molecule has 0 amide bonds. The van der Waals surface area contributed by atoms with E-state index in [0.29, 0.717) is 12.6 Å². The molecule has 0 atom stereocenters. The molecule has 0 aliphatic carbocycles. The maximum atomic E-state index is 5.89. The predicted octanol–water partition coefficient (Wildman–Crippen LogP) is 4.74. The van der Waals surface area contributed by atoms with Crippen LogP contribution in [0.2, 0.25) is 0 Å². The fraction of sp³-hybridized carbons (Fsp3) is 0.158. The Morgan fingerprint density at radius 1 is 0.952 bits per heavy atom. The Hall–Kier alpha value is -2.48. The zero-order valence-electron chi connectivity index (χ0n) is 12.1. The molecule has 0 N–H and O–H groups in total. The lowest BCUT2D eigenvalue weighted by atomic mass is 9.96. The quantitative estimate of drug-likeness (QED) is 0.804. The highest BCUT2D eigenvalue weighted by atomic mass is 16.7. The van der Waals surface area contributed by atoms with E-state index in [-0.39, 0.29) is 0 Å². The first-order valence-corrected chi connectivity index (χ1v) is 7.23. The standard InChI is InChI=1S/C19H18O2/c1-2-20-18-14-13-17(21-18)19(15-9-5-3-6-10-15)16-11-7-4-8-12-16/h3-12,14H,2,13H2,1H3. The van der Waals surface area contributed by atoms with Crippen LogP contribution in [0.1, 0.15) is 24.5 Å². The van der Waals surface area contributed by atoms with Crippen LogP contribution in [0.5, 0.6) is 0 Å². The van der Waals surface area contributed by atoms with Crippen molar-refractivity contribution in [3.63, 3.8) is 0 Å². The smallest absolute Gasteiger partial charge is 0.280 e. The predicted molar refractivity (Wildman–Crippen MR) is 84.3 cm³/mol. The summed E-state index contributed by atoms with van der Waals surface area (Å²) in [6.45, 7) is 2.58. The van der Waals surface area contributed by atoms with Crippen LogP contribution < -0.4 is 0 Å². The van der Waals surface area contributed by atoms with Crippen LogP contribution in [0.15, 0.2) is 78.4 Å². The topological polar surface area (TPSA) is 18.5 Å². The van der Waals surface area contributed by atoms with Gasteiger partial charge in [0.1, 0.15) is 5.76 Å². The van der Waals surface area contributed by atoms with E-state index in [9.17, 15) is 0 Å². The van der Waals surface area contributed by atoms with Crippen LogP contribution in [-0.2, 0) is 9.47 Å². The third-order valence-electron chi connectivity index (χ3n) is 3.37. The van der Waals surface area contributed by atoms with Gasteiger partial charge in [0.2, 0.25) is 0 Å². The van der Waals surface area contributed by atoms with Crippen LogP contribution in [0.3, 0.4) is 0 Å². The van der Waals surface area contributed by atoms with Gasteiger partial charge in [-0.2, -0.15) is 0 Å². The summed E-state index contributed by atoms with van der Waals surface area (Å²) in [5.41, 5.74) is 3.44. The van der Waals surface area contributed by atoms with Gasteiger partial charge >= 0.3 is 0 Å². The number of hydrogen-bond acceptors (Lipinski definition) is 2. The van der Waals surface area contributed by atoms with Crippen molar-refractivity contribution in [1.82, 2.24) is 0 Å². The highest BCUT2D eigenvalue weighted by Crippen LogP contribution is 2.33. The maximum absolute atomic E-state index is 5.89. The summed E-state index contributed by atoms with van der Waals surface area (Å²) in [7, 11) is 0. The third-order valence-corrected chi connectivity index (χ3v) is 3.37. The summed E-state index contributed by atoms with van der Waals surface area (Å²) in [4.78, 5) is 0. The van der Waals surface area contributed by atoms with E-state index < -0.39 is 0 Å². The van der Waals surface area contributed by atoms with E-state index in [1.165, 1.54) is 0 Å². The van der Waals surface area contributed by atoms with Crippen molar-refractivity contribution < 1.29 is 9.47 Å². The molecule has 1 heterocycles. The molecular weight excluding hydrogens is 260 g/mol. The van der Waals surface area contributed by atoms with Crippen LogP contribution >= 0.6 is 0 Å². The van der Waals surface area contributed by atoms with Gasteiger partial charge < -0.3 is 9.47 Å². The summed E-state index contributed by atoms with van der Waals surface area (Å²) in [6, 6.07) is 20.7. The fourth-order valence-corrected chi connectivity index (χ4v) is 2.46. The first-order valence-electron chi connectivity index (χ1n) is 7.23. The Bertz CT molecular complexity index is 613. The normalized spacial score (nSPS) is 13.6. The van der Waals surface area contributed by atoms with Gasteiger partial charge in [-0.25, -0.2) is 0 Å². The van der Waals surface area contributed by atoms with Crippen molar-refractivity contribution in [2.45, 2.75) is 13.3 Å². The lowest BCUT2D eigenvalue weighted by Gasteiger charge is -2.13. The molecule has 3 rings (SSSR count). The summed E-state index contributed by atoms with van der Waals surface area (Å²) in [6.07, 6.45) is 2.75. The number of allylic oxidation sites excluding steroid dienone is 1. The van der Waals surface area contributed by atoms with Crippen LogP contribution in [0.4, 0.5) is 0 Å². The van der Waals surface area contributed by atoms with Crippen molar-refractivity contribution in [3.8, 4) is 0 Å². The van der Waals surface area contributed by atoms with Crippen molar-refractivity contribution in [2.24, 2.45) is 0 Å². The van der Waals surface area contributed by atoms with Gasteiger partial charge in [0.25, 0.3) is 5.95 Å². The number of benzene rings is 2. The van der Waals surface area contributed by atoms with Gasteiger partial charge in [0.15, 0.2) is 0 Å². The molecule has 106 valence electrons. The summed E-state index contributed by atoms with van der Waals surface area (Å²) >= 11 is 0. The lowest BCUT2D eigenvalue weighted by molar-refractivity contribution is 0.0881. The number of ether oxygens (including phenoxy) is 2. The molecule has 1 aliphatic heterocycles. The van der Waals surface area contributed by atoms with Crippen LogP contribution in [0, 0.1) is 0 Å². The molecule has 0 bridgehead atoms. The van der Waals surface area contributed by atoms with Gasteiger partial charge in [0, 0.05) is 18.1 Å². The average molecular weight is 278 g/mol. The summed E-state index contributed by atoms with van der Waals surface area (Å²) in [5, 5.41) is 0. The van der Waals surface area contributed by atoms with Crippen molar-refractivity contribution in [1.29, 1.82) is 0 Å². The van der Waals surface area contributed by atoms with Crippen molar-refractivity contribution >= 4 is 5.57 Å². The van der Waals surface area contributed by atoms with E-state index in [1.807, 2.05) is 49.4 Å². The second kappa shape index (κ2) is 6.31. The molecule has 0 radical (unpaired) electrons. The zero-order chi connectivity index (χ0) is 14.5. The summed E-state index contributed by atoms with van der Waals surface area (Å²) < 4.78 is 11.4. The molecule has 2 aromatic carbocycles. The zero-order valence-corrected chi connectivity index (χ0v) is 12.1. The number of hydrogen-bond donors (Lipinski definition) is 0. The van der Waals surface area contributed by atoms with E-state index in [0.717, 1.165) is 28.9 Å². The molecule has 0 saturated carbocycles. The van der Waals surface area contributed by atoms with Gasteiger partial charge in [-0.3, -0.25) is 0 Å². The second-order valence-electron chi connectivity index (χ2n) is 4.79. The Kier molecular flexibility index (Phi) is 4.06. The molecule has 2 nitrogen and oxygen atoms in total. The molecule has 0 fully saturated rings. The molecule has 2 aromatic rings. The minimum atomic E-state index is 0.608. The highest BCUT2D eigenvalue weighted by molar-refractivity contribution is 5.81. The molecule has 0 unspecified atom stereocenters. The Labute approximate surface area is 125 Å². The Balaban J connectivity index is 2.03. The van der Waals surface area contributed by atoms with E-state index in [1.54, 1.807) is 0 Å². The van der Waals surface area contributed by atoms with E-state index in [2.05, 4.69) is 24.3 Å². The minimum Gasteiger partial charge on any atom is -0.466 e. The maximum Gasteiger partial charge on any atom is 0.280 e. The molecular formula is C19H18O2. The molecule has 2 heteroatoms. The van der Waals surface area contributed by atoms with Crippen LogP contribution in [0.25, 0.3) is 5.57 Å². The van der Waals surface area contributed by atoms with Crippen molar-refractivity contribution in [2.75, 3.05) is 6.61 Å². The number of rotatable bonds is 4. The molecule has 0 saturated heterocycles. The molecule has 0 spiro atoms. The SMILES string of the molecule is CCOC1=CCC(=C(c2ccccc2)c2ccccc2)O1. The summed E-state index contributed by atoms with van der Waals surface area (Å²) in [5.74, 6) is 1.55. The van der Waals surface area contributed by atoms with Gasteiger partial charge in [-0.15, -0.1) is 0 Å². The lowest BCUT2D eigenvalue weighted by Crippen LogP contribution is -1.96. The first-order chi connectivity index (χ1) is 10.4. The van der Waals surface area contributed by atoms with Gasteiger partial charge in [-0.1, -0.05) is 60.7 Å². The Morgan fingerprint density at radius 2 is 1.52 bits per heavy atom. The second-order valence-corrected chi connectivity index (χ2v) is 4.79. The van der Waals surface area contributed by atoms with Crippen LogP contribution in [-0.4, -0.2) is 6.61 Å². The molecule has 0 aromatic heterocycles. The average Bonchev–Trinajstić information content (AvgIpc) is 2.98. The Morgan fingerprint density at radius 3 is 2.05 bits per heavy atom. The van der Waals surface area contributed by atoms with Gasteiger partial charge in [-0.05, 0) is 18.1 Å². The monoisotopic (exact) mass is 278 g/mol.